The molecule has 0 radical (unpaired) electrons. The summed E-state index contributed by atoms with van der Waals surface area (Å²) >= 11 is 0. The zero-order valence-electron chi connectivity index (χ0n) is 10.1. The van der Waals surface area contributed by atoms with Crippen molar-refractivity contribution in [1.29, 1.82) is 0 Å². The molecule has 1 saturated carbocycles. The molecule has 4 rings (SSSR count). The molecule has 1 N–H and O–H groups in total. The molecule has 0 amide bonds. The highest BCUT2D eigenvalue weighted by molar-refractivity contribution is 6.12. The summed E-state index contributed by atoms with van der Waals surface area (Å²) < 4.78 is 1.95. The average Bonchev–Trinajstić information content (AvgIpc) is 3.19. The molecule has 0 unspecified atom stereocenters. The zero-order chi connectivity index (χ0) is 13.0. The minimum atomic E-state index is 0.183. The number of fused-ring (bicyclic) bond motifs is 2. The van der Waals surface area contributed by atoms with Gasteiger partial charge in [-0.3, -0.25) is 0 Å². The standard InChI is InChI=1S/C14H11N3O2/c18-14-10-4-2-1-3-9(10)11(16-19)12-13(14)17(7-15-12)8-5-6-8/h1-4,7-8,18H,5-6H2. The normalized spacial score (nSPS) is 15.2. The monoisotopic (exact) mass is 253 g/mol. The smallest absolute Gasteiger partial charge is 0.149 e. The van der Waals surface area contributed by atoms with Crippen molar-refractivity contribution in [2.45, 2.75) is 18.9 Å². The lowest BCUT2D eigenvalue weighted by Gasteiger charge is -2.08. The van der Waals surface area contributed by atoms with E-state index in [1.807, 2.05) is 16.7 Å². The van der Waals surface area contributed by atoms with Crippen LogP contribution in [0, 0.1) is 4.91 Å². The number of nitroso groups, excluding NO2 is 1. The second kappa shape index (κ2) is 3.54. The molecule has 0 saturated heterocycles. The first-order chi connectivity index (χ1) is 9.31. The lowest BCUT2D eigenvalue weighted by atomic mass is 10.1. The molecule has 1 fully saturated rings. The van der Waals surface area contributed by atoms with Crippen molar-refractivity contribution in [2.75, 3.05) is 0 Å². The Labute approximate surface area is 108 Å². The van der Waals surface area contributed by atoms with E-state index in [1.165, 1.54) is 0 Å². The van der Waals surface area contributed by atoms with E-state index in [-0.39, 0.29) is 5.75 Å². The Hall–Kier alpha value is -2.43. The molecule has 0 atom stereocenters. The number of phenolic OH excluding ortho intramolecular Hbond substituents is 1. The Balaban J connectivity index is 2.24. The van der Waals surface area contributed by atoms with Crippen LogP contribution in [0.2, 0.25) is 0 Å². The maximum atomic E-state index is 11.2. The average molecular weight is 253 g/mol. The van der Waals surface area contributed by atoms with Crippen LogP contribution < -0.4 is 0 Å². The molecule has 5 heteroatoms. The van der Waals surface area contributed by atoms with Gasteiger partial charge in [-0.05, 0) is 18.0 Å². The van der Waals surface area contributed by atoms with Crippen LogP contribution in [0.3, 0.4) is 0 Å². The topological polar surface area (TPSA) is 67.5 Å². The van der Waals surface area contributed by atoms with Gasteiger partial charge in [-0.15, -0.1) is 4.91 Å². The summed E-state index contributed by atoms with van der Waals surface area (Å²) in [5.74, 6) is 0.183. The number of nitrogens with zero attached hydrogens (tertiary/aromatic N) is 3. The summed E-state index contributed by atoms with van der Waals surface area (Å²) in [7, 11) is 0. The molecule has 0 aliphatic heterocycles. The highest BCUT2D eigenvalue weighted by atomic mass is 16.3. The van der Waals surface area contributed by atoms with Crippen molar-refractivity contribution in [3.8, 4) is 5.75 Å². The molecule has 1 aliphatic carbocycles. The first kappa shape index (κ1) is 10.5. The number of imidazole rings is 1. The molecule has 19 heavy (non-hydrogen) atoms. The Kier molecular flexibility index (Phi) is 1.95. The first-order valence-corrected chi connectivity index (χ1v) is 6.25. The van der Waals surface area contributed by atoms with Crippen LogP contribution in [0.5, 0.6) is 5.75 Å². The van der Waals surface area contributed by atoms with Crippen LogP contribution in [0.25, 0.3) is 21.8 Å². The maximum absolute atomic E-state index is 11.2. The third-order valence-corrected chi connectivity index (χ3v) is 3.71. The second-order valence-corrected chi connectivity index (χ2v) is 4.91. The summed E-state index contributed by atoms with van der Waals surface area (Å²) in [4.78, 5) is 15.4. The SMILES string of the molecule is O=Nc1c2ccccc2c(O)c2c1ncn2C1CC1. The third-order valence-electron chi connectivity index (χ3n) is 3.71. The Bertz CT molecular complexity index is 818. The van der Waals surface area contributed by atoms with Crippen LogP contribution in [0.4, 0.5) is 5.69 Å². The second-order valence-electron chi connectivity index (χ2n) is 4.91. The van der Waals surface area contributed by atoms with Gasteiger partial charge in [-0.1, -0.05) is 24.3 Å². The third kappa shape index (κ3) is 1.32. The number of phenols is 1. The van der Waals surface area contributed by atoms with Crippen molar-refractivity contribution in [3.05, 3.63) is 35.5 Å². The van der Waals surface area contributed by atoms with E-state index in [0.717, 1.165) is 12.8 Å². The maximum Gasteiger partial charge on any atom is 0.149 e. The van der Waals surface area contributed by atoms with Crippen molar-refractivity contribution >= 4 is 27.5 Å². The molecule has 2 aromatic carbocycles. The van der Waals surface area contributed by atoms with E-state index >= 15 is 0 Å². The molecule has 1 aromatic heterocycles. The van der Waals surface area contributed by atoms with E-state index < -0.39 is 0 Å². The van der Waals surface area contributed by atoms with Crippen LogP contribution in [0.1, 0.15) is 18.9 Å². The highest BCUT2D eigenvalue weighted by Crippen LogP contribution is 2.45. The number of hydrogen-bond donors (Lipinski definition) is 1. The number of rotatable bonds is 2. The van der Waals surface area contributed by atoms with Gasteiger partial charge in [-0.25, -0.2) is 4.98 Å². The Morgan fingerprint density at radius 2 is 2.00 bits per heavy atom. The Morgan fingerprint density at radius 1 is 1.26 bits per heavy atom. The lowest BCUT2D eigenvalue weighted by molar-refractivity contribution is 0.484. The fourth-order valence-electron chi connectivity index (χ4n) is 2.64. The van der Waals surface area contributed by atoms with Crippen LogP contribution in [-0.4, -0.2) is 14.7 Å². The van der Waals surface area contributed by atoms with Gasteiger partial charge in [0.05, 0.1) is 6.33 Å². The number of hydrogen-bond acceptors (Lipinski definition) is 4. The quantitative estimate of drug-likeness (QED) is 0.709. The van der Waals surface area contributed by atoms with Crippen LogP contribution in [-0.2, 0) is 0 Å². The van der Waals surface area contributed by atoms with Gasteiger partial charge in [0.2, 0.25) is 0 Å². The van der Waals surface area contributed by atoms with E-state index in [0.29, 0.717) is 33.5 Å². The summed E-state index contributed by atoms with van der Waals surface area (Å²) in [6.07, 6.45) is 3.86. The van der Waals surface area contributed by atoms with Crippen molar-refractivity contribution in [1.82, 2.24) is 9.55 Å². The van der Waals surface area contributed by atoms with Gasteiger partial charge in [0.1, 0.15) is 22.5 Å². The minimum absolute atomic E-state index is 0.183. The van der Waals surface area contributed by atoms with Gasteiger partial charge < -0.3 is 9.67 Å². The first-order valence-electron chi connectivity index (χ1n) is 6.25. The van der Waals surface area contributed by atoms with Crippen molar-refractivity contribution in [3.63, 3.8) is 0 Å². The summed E-state index contributed by atoms with van der Waals surface area (Å²) in [6, 6.07) is 7.61. The number of benzene rings is 2. The molecule has 5 nitrogen and oxygen atoms in total. The minimum Gasteiger partial charge on any atom is -0.505 e. The number of aromatic hydroxyl groups is 1. The van der Waals surface area contributed by atoms with E-state index in [2.05, 4.69) is 10.2 Å². The van der Waals surface area contributed by atoms with Crippen molar-refractivity contribution < 1.29 is 5.11 Å². The largest absolute Gasteiger partial charge is 0.505 e. The number of aromatic nitrogens is 2. The van der Waals surface area contributed by atoms with Crippen LogP contribution >= 0.6 is 0 Å². The molecule has 1 heterocycles. The molecule has 1 aliphatic rings. The predicted octanol–water partition coefficient (Wildman–Crippen LogP) is 3.63. The van der Waals surface area contributed by atoms with Gasteiger partial charge in [0.25, 0.3) is 0 Å². The van der Waals surface area contributed by atoms with E-state index in [1.54, 1.807) is 18.5 Å². The van der Waals surface area contributed by atoms with Crippen molar-refractivity contribution in [2.24, 2.45) is 5.18 Å². The van der Waals surface area contributed by atoms with Gasteiger partial charge >= 0.3 is 0 Å². The zero-order valence-corrected chi connectivity index (χ0v) is 10.1. The molecule has 0 spiro atoms. The lowest BCUT2D eigenvalue weighted by Crippen LogP contribution is -1.91. The molecule has 3 aromatic rings. The molecule has 0 bridgehead atoms. The molecular weight excluding hydrogens is 242 g/mol. The highest BCUT2D eigenvalue weighted by Gasteiger charge is 2.28. The fourth-order valence-corrected chi connectivity index (χ4v) is 2.64. The summed E-state index contributed by atoms with van der Waals surface area (Å²) in [5.41, 5.74) is 1.41. The van der Waals surface area contributed by atoms with Crippen LogP contribution in [0.15, 0.2) is 35.8 Å². The summed E-state index contributed by atoms with van der Waals surface area (Å²) in [5, 5.41) is 14.9. The predicted molar refractivity (Wildman–Crippen MR) is 72.6 cm³/mol. The van der Waals surface area contributed by atoms with Gasteiger partial charge in [-0.2, -0.15) is 0 Å². The Morgan fingerprint density at radius 3 is 2.68 bits per heavy atom. The van der Waals surface area contributed by atoms with E-state index in [9.17, 15) is 10.0 Å². The molecular formula is C14H11N3O2. The fraction of sp³-hybridized carbons (Fsp3) is 0.214. The van der Waals surface area contributed by atoms with E-state index in [4.69, 9.17) is 0 Å². The van der Waals surface area contributed by atoms with Gasteiger partial charge in [0.15, 0.2) is 0 Å². The van der Waals surface area contributed by atoms with Gasteiger partial charge in [0, 0.05) is 16.8 Å². The summed E-state index contributed by atoms with van der Waals surface area (Å²) in [6.45, 7) is 0. The molecule has 94 valence electrons.